The van der Waals surface area contributed by atoms with Crippen molar-refractivity contribution in [2.75, 3.05) is 20.3 Å². The van der Waals surface area contributed by atoms with Gasteiger partial charge in [-0.05, 0) is 6.07 Å². The van der Waals surface area contributed by atoms with Gasteiger partial charge >= 0.3 is 0 Å². The third-order valence-electron chi connectivity index (χ3n) is 2.08. The zero-order valence-electron chi connectivity index (χ0n) is 8.97. The van der Waals surface area contributed by atoms with Crippen LogP contribution >= 0.6 is 0 Å². The number of nitrogens with zero attached hydrogens (tertiary/aromatic N) is 1. The monoisotopic (exact) mass is 226 g/mol. The fourth-order valence-corrected chi connectivity index (χ4v) is 1.32. The lowest BCUT2D eigenvalue weighted by Crippen LogP contribution is -2.18. The zero-order valence-corrected chi connectivity index (χ0v) is 8.97. The summed E-state index contributed by atoms with van der Waals surface area (Å²) in [5, 5.41) is 22.1. The number of methoxy groups -OCH3 is 1. The molecule has 16 heavy (non-hydrogen) atoms. The highest BCUT2D eigenvalue weighted by Crippen LogP contribution is 2.23. The summed E-state index contributed by atoms with van der Waals surface area (Å²) in [6.45, 7) is 0.883. The number of aliphatic hydroxyl groups is 1. The standard InChI is InChI=1S/C10H14N2O4/c1-16-10-3-2-9(12(14)15)6-8(10)7-11-4-5-13/h2-3,6,11,13H,4-5,7H2,1H3. The molecular weight excluding hydrogens is 212 g/mol. The maximum Gasteiger partial charge on any atom is 0.270 e. The second-order valence-corrected chi connectivity index (χ2v) is 3.15. The predicted octanol–water partition coefficient (Wildman–Crippen LogP) is 0.685. The van der Waals surface area contributed by atoms with Gasteiger partial charge in [0.15, 0.2) is 0 Å². The summed E-state index contributed by atoms with van der Waals surface area (Å²) in [4.78, 5) is 10.1. The molecule has 1 rings (SSSR count). The molecule has 0 aliphatic rings. The summed E-state index contributed by atoms with van der Waals surface area (Å²) in [5.74, 6) is 0.594. The summed E-state index contributed by atoms with van der Waals surface area (Å²) < 4.78 is 5.09. The first-order valence-corrected chi connectivity index (χ1v) is 4.82. The Morgan fingerprint density at radius 3 is 2.88 bits per heavy atom. The molecule has 0 amide bonds. The smallest absolute Gasteiger partial charge is 0.270 e. The molecular formula is C10H14N2O4. The number of non-ortho nitro benzene ring substituents is 1. The molecule has 6 heteroatoms. The van der Waals surface area contributed by atoms with Crippen molar-refractivity contribution in [2.24, 2.45) is 0 Å². The van der Waals surface area contributed by atoms with Gasteiger partial charge in [-0.1, -0.05) is 0 Å². The highest BCUT2D eigenvalue weighted by Gasteiger charge is 2.10. The molecule has 6 nitrogen and oxygen atoms in total. The Bertz CT molecular complexity index is 368. The molecule has 1 aromatic rings. The lowest BCUT2D eigenvalue weighted by atomic mass is 10.1. The van der Waals surface area contributed by atoms with E-state index in [0.717, 1.165) is 0 Å². The van der Waals surface area contributed by atoms with E-state index >= 15 is 0 Å². The Balaban J connectivity index is 2.84. The van der Waals surface area contributed by atoms with Crippen LogP contribution in [0.3, 0.4) is 0 Å². The van der Waals surface area contributed by atoms with Gasteiger partial charge in [0.1, 0.15) is 5.75 Å². The molecule has 88 valence electrons. The van der Waals surface area contributed by atoms with Gasteiger partial charge in [-0.15, -0.1) is 0 Å². The van der Waals surface area contributed by atoms with Crippen LogP contribution in [0.15, 0.2) is 18.2 Å². The molecule has 0 saturated carbocycles. The Morgan fingerprint density at radius 1 is 1.56 bits per heavy atom. The molecule has 0 atom stereocenters. The number of nitro benzene ring substituents is 1. The van der Waals surface area contributed by atoms with Crippen LogP contribution in [0, 0.1) is 10.1 Å². The number of hydrogen-bond donors (Lipinski definition) is 2. The van der Waals surface area contributed by atoms with Crippen LogP contribution in [0.1, 0.15) is 5.56 Å². The number of aliphatic hydroxyl groups excluding tert-OH is 1. The van der Waals surface area contributed by atoms with Crippen molar-refractivity contribution in [3.05, 3.63) is 33.9 Å². The fourth-order valence-electron chi connectivity index (χ4n) is 1.32. The molecule has 0 spiro atoms. The van der Waals surface area contributed by atoms with Crippen LogP contribution in [0.5, 0.6) is 5.75 Å². The maximum atomic E-state index is 10.6. The minimum Gasteiger partial charge on any atom is -0.496 e. The van der Waals surface area contributed by atoms with Crippen LogP contribution in [0.2, 0.25) is 0 Å². The quantitative estimate of drug-likeness (QED) is 0.423. The minimum absolute atomic E-state index is 0.0250. The third kappa shape index (κ3) is 3.18. The van der Waals surface area contributed by atoms with Crippen molar-refractivity contribution >= 4 is 5.69 Å². The Hall–Kier alpha value is -1.66. The van der Waals surface area contributed by atoms with Crippen molar-refractivity contribution in [1.29, 1.82) is 0 Å². The van der Waals surface area contributed by atoms with E-state index in [9.17, 15) is 10.1 Å². The second kappa shape index (κ2) is 6.04. The lowest BCUT2D eigenvalue weighted by Gasteiger charge is -2.08. The largest absolute Gasteiger partial charge is 0.496 e. The van der Waals surface area contributed by atoms with E-state index in [1.807, 2.05) is 0 Å². The molecule has 2 N–H and O–H groups in total. The number of benzene rings is 1. The van der Waals surface area contributed by atoms with Crippen LogP contribution in [0.4, 0.5) is 5.69 Å². The molecule has 0 bridgehead atoms. The second-order valence-electron chi connectivity index (χ2n) is 3.15. The topological polar surface area (TPSA) is 84.6 Å². The molecule has 0 heterocycles. The third-order valence-corrected chi connectivity index (χ3v) is 2.08. The number of rotatable bonds is 6. The van der Waals surface area contributed by atoms with Crippen molar-refractivity contribution in [1.82, 2.24) is 5.32 Å². The zero-order chi connectivity index (χ0) is 12.0. The molecule has 0 unspecified atom stereocenters. The first-order valence-electron chi connectivity index (χ1n) is 4.82. The van der Waals surface area contributed by atoms with Crippen molar-refractivity contribution in [3.8, 4) is 5.75 Å². The van der Waals surface area contributed by atoms with Crippen molar-refractivity contribution in [3.63, 3.8) is 0 Å². The average molecular weight is 226 g/mol. The van der Waals surface area contributed by atoms with E-state index in [1.165, 1.54) is 19.2 Å². The summed E-state index contributed by atoms with van der Waals surface area (Å²) >= 11 is 0. The number of nitro groups is 1. The van der Waals surface area contributed by atoms with E-state index in [-0.39, 0.29) is 12.3 Å². The highest BCUT2D eigenvalue weighted by molar-refractivity contribution is 5.43. The van der Waals surface area contributed by atoms with Crippen molar-refractivity contribution < 1.29 is 14.8 Å². The van der Waals surface area contributed by atoms with E-state index in [0.29, 0.717) is 24.4 Å². The van der Waals surface area contributed by atoms with E-state index in [1.54, 1.807) is 6.07 Å². The van der Waals surface area contributed by atoms with Gasteiger partial charge < -0.3 is 15.2 Å². The van der Waals surface area contributed by atoms with Gasteiger partial charge in [0, 0.05) is 30.8 Å². The van der Waals surface area contributed by atoms with Gasteiger partial charge in [0.2, 0.25) is 0 Å². The first-order chi connectivity index (χ1) is 7.69. The Labute approximate surface area is 93.0 Å². The molecule has 0 aromatic heterocycles. The average Bonchev–Trinajstić information content (AvgIpc) is 2.29. The van der Waals surface area contributed by atoms with E-state index in [4.69, 9.17) is 9.84 Å². The summed E-state index contributed by atoms with van der Waals surface area (Å²) in [6, 6.07) is 4.42. The van der Waals surface area contributed by atoms with E-state index < -0.39 is 4.92 Å². The van der Waals surface area contributed by atoms with Gasteiger partial charge in [-0.3, -0.25) is 10.1 Å². The predicted molar refractivity (Wildman–Crippen MR) is 58.4 cm³/mol. The Morgan fingerprint density at radius 2 is 2.31 bits per heavy atom. The van der Waals surface area contributed by atoms with Gasteiger partial charge in [0.05, 0.1) is 18.6 Å². The first kappa shape index (κ1) is 12.4. The van der Waals surface area contributed by atoms with Gasteiger partial charge in [-0.25, -0.2) is 0 Å². The van der Waals surface area contributed by atoms with Crippen LogP contribution in [-0.4, -0.2) is 30.3 Å². The summed E-state index contributed by atoms with van der Waals surface area (Å²) in [6.07, 6.45) is 0. The van der Waals surface area contributed by atoms with Crippen molar-refractivity contribution in [2.45, 2.75) is 6.54 Å². The fraction of sp³-hybridized carbons (Fsp3) is 0.400. The van der Waals surface area contributed by atoms with Gasteiger partial charge in [-0.2, -0.15) is 0 Å². The van der Waals surface area contributed by atoms with Crippen LogP contribution in [-0.2, 0) is 6.54 Å². The highest BCUT2D eigenvalue weighted by atomic mass is 16.6. The van der Waals surface area contributed by atoms with E-state index in [2.05, 4.69) is 5.32 Å². The molecule has 0 aliphatic heterocycles. The molecule has 1 aromatic carbocycles. The molecule has 0 aliphatic carbocycles. The summed E-state index contributed by atoms with van der Waals surface area (Å²) in [5.41, 5.74) is 0.728. The number of hydrogen-bond acceptors (Lipinski definition) is 5. The molecule has 0 saturated heterocycles. The molecule has 0 radical (unpaired) electrons. The van der Waals surface area contributed by atoms with Crippen LogP contribution < -0.4 is 10.1 Å². The lowest BCUT2D eigenvalue weighted by molar-refractivity contribution is -0.384. The minimum atomic E-state index is -0.449. The normalized spacial score (nSPS) is 10.1. The maximum absolute atomic E-state index is 10.6. The number of ether oxygens (including phenoxy) is 1. The van der Waals surface area contributed by atoms with Gasteiger partial charge in [0.25, 0.3) is 5.69 Å². The summed E-state index contributed by atoms with van der Waals surface area (Å²) in [7, 11) is 1.51. The Kier molecular flexibility index (Phi) is 4.68. The SMILES string of the molecule is COc1ccc([N+](=O)[O-])cc1CNCCO. The van der Waals surface area contributed by atoms with Crippen LogP contribution in [0.25, 0.3) is 0 Å². The number of nitrogens with one attached hydrogen (secondary N) is 1. The molecule has 0 fully saturated rings.